The minimum absolute atomic E-state index is 0.0611. The van der Waals surface area contributed by atoms with Gasteiger partial charge in [-0.1, -0.05) is 17.3 Å². The zero-order valence-electron chi connectivity index (χ0n) is 10.5. The van der Waals surface area contributed by atoms with Crippen LogP contribution in [-0.2, 0) is 6.67 Å². The molecule has 1 aromatic heterocycles. The van der Waals surface area contributed by atoms with Crippen molar-refractivity contribution in [2.75, 3.05) is 26.3 Å². The molecule has 0 atom stereocenters. The van der Waals surface area contributed by atoms with E-state index >= 15 is 0 Å². The highest BCUT2D eigenvalue weighted by Crippen LogP contribution is 2.15. The molecule has 1 aromatic carbocycles. The van der Waals surface area contributed by atoms with Crippen LogP contribution in [0, 0.1) is 6.92 Å². The van der Waals surface area contributed by atoms with Crippen LogP contribution in [0.1, 0.15) is 5.56 Å². The van der Waals surface area contributed by atoms with Gasteiger partial charge in [-0.3, -0.25) is 4.90 Å². The van der Waals surface area contributed by atoms with E-state index in [2.05, 4.69) is 10.3 Å². The largest absolute Gasteiger partial charge is 0.395 e. The number of para-hydroxylation sites is 1. The molecule has 0 bridgehead atoms. The third-order valence-corrected chi connectivity index (χ3v) is 2.90. The van der Waals surface area contributed by atoms with Gasteiger partial charge >= 0.3 is 0 Å². The van der Waals surface area contributed by atoms with E-state index in [1.807, 2.05) is 30.0 Å². The summed E-state index contributed by atoms with van der Waals surface area (Å²) in [5.74, 6) is 0. The smallest absolute Gasteiger partial charge is 0.113 e. The van der Waals surface area contributed by atoms with E-state index < -0.39 is 0 Å². The Balaban J connectivity index is 2.25. The van der Waals surface area contributed by atoms with Crippen molar-refractivity contribution >= 4 is 11.0 Å². The molecule has 0 aliphatic carbocycles. The predicted molar refractivity (Wildman–Crippen MR) is 68.0 cm³/mol. The first-order chi connectivity index (χ1) is 8.76. The molecule has 0 saturated heterocycles. The van der Waals surface area contributed by atoms with Crippen LogP contribution in [-0.4, -0.2) is 56.4 Å². The van der Waals surface area contributed by atoms with Gasteiger partial charge in [-0.2, -0.15) is 0 Å². The fourth-order valence-electron chi connectivity index (χ4n) is 2.03. The molecular formula is C12H18N4O2. The molecule has 0 spiro atoms. The van der Waals surface area contributed by atoms with E-state index in [-0.39, 0.29) is 13.2 Å². The Labute approximate surface area is 105 Å². The van der Waals surface area contributed by atoms with Gasteiger partial charge in [0.1, 0.15) is 5.52 Å². The predicted octanol–water partition coefficient (Wildman–Crippen LogP) is -0.0162. The van der Waals surface area contributed by atoms with E-state index in [1.54, 1.807) is 4.68 Å². The van der Waals surface area contributed by atoms with E-state index in [1.165, 1.54) is 0 Å². The maximum atomic E-state index is 8.99. The SMILES string of the molecule is Cc1cccc2nnn(CN(CCO)CCO)c12. The number of aryl methyl sites for hydroxylation is 1. The number of rotatable bonds is 6. The molecule has 6 nitrogen and oxygen atoms in total. The number of aliphatic hydroxyl groups excluding tert-OH is 2. The molecule has 18 heavy (non-hydrogen) atoms. The highest BCUT2D eigenvalue weighted by Gasteiger charge is 2.10. The quantitative estimate of drug-likeness (QED) is 0.754. The zero-order chi connectivity index (χ0) is 13.0. The second-order valence-electron chi connectivity index (χ2n) is 4.24. The van der Waals surface area contributed by atoms with Crippen molar-refractivity contribution in [3.8, 4) is 0 Å². The molecule has 1 heterocycles. The highest BCUT2D eigenvalue weighted by atomic mass is 16.3. The van der Waals surface area contributed by atoms with Crippen LogP contribution in [0.4, 0.5) is 0 Å². The van der Waals surface area contributed by atoms with E-state index in [0.29, 0.717) is 19.8 Å². The topological polar surface area (TPSA) is 74.4 Å². The summed E-state index contributed by atoms with van der Waals surface area (Å²) in [7, 11) is 0. The molecule has 98 valence electrons. The lowest BCUT2D eigenvalue weighted by atomic mass is 10.2. The summed E-state index contributed by atoms with van der Waals surface area (Å²) in [4.78, 5) is 1.93. The van der Waals surface area contributed by atoms with Crippen molar-refractivity contribution in [1.82, 2.24) is 19.9 Å². The van der Waals surface area contributed by atoms with Crippen LogP contribution < -0.4 is 0 Å². The normalized spacial score (nSPS) is 11.6. The molecule has 0 radical (unpaired) electrons. The van der Waals surface area contributed by atoms with Crippen LogP contribution in [0.2, 0.25) is 0 Å². The number of aromatic nitrogens is 3. The number of fused-ring (bicyclic) bond motifs is 1. The maximum absolute atomic E-state index is 8.99. The Bertz CT molecular complexity index is 506. The molecule has 0 aliphatic rings. The van der Waals surface area contributed by atoms with Crippen molar-refractivity contribution < 1.29 is 10.2 Å². The summed E-state index contributed by atoms with van der Waals surface area (Å²) in [6.45, 7) is 3.67. The van der Waals surface area contributed by atoms with Crippen LogP contribution in [0.5, 0.6) is 0 Å². The Kier molecular flexibility index (Phi) is 4.24. The molecule has 2 rings (SSSR count). The van der Waals surface area contributed by atoms with Crippen molar-refractivity contribution in [2.24, 2.45) is 0 Å². The molecule has 0 aliphatic heterocycles. The van der Waals surface area contributed by atoms with Crippen molar-refractivity contribution in [3.63, 3.8) is 0 Å². The van der Waals surface area contributed by atoms with Gasteiger partial charge in [-0.05, 0) is 18.6 Å². The number of benzene rings is 1. The summed E-state index contributed by atoms with van der Waals surface area (Å²) in [5.41, 5.74) is 2.98. The first-order valence-electron chi connectivity index (χ1n) is 5.99. The fourth-order valence-corrected chi connectivity index (χ4v) is 2.03. The average Bonchev–Trinajstić information content (AvgIpc) is 2.75. The molecule has 0 fully saturated rings. The first-order valence-corrected chi connectivity index (χ1v) is 5.99. The number of hydrogen-bond acceptors (Lipinski definition) is 5. The lowest BCUT2D eigenvalue weighted by molar-refractivity contribution is 0.130. The van der Waals surface area contributed by atoms with Crippen molar-refractivity contribution in [1.29, 1.82) is 0 Å². The van der Waals surface area contributed by atoms with Gasteiger partial charge in [-0.15, -0.1) is 5.10 Å². The van der Waals surface area contributed by atoms with E-state index in [4.69, 9.17) is 10.2 Å². The highest BCUT2D eigenvalue weighted by molar-refractivity contribution is 5.77. The third kappa shape index (κ3) is 2.66. The Hall–Kier alpha value is -1.50. The third-order valence-electron chi connectivity index (χ3n) is 2.90. The Morgan fingerprint density at radius 3 is 2.61 bits per heavy atom. The van der Waals surface area contributed by atoms with Gasteiger partial charge in [0.05, 0.1) is 25.4 Å². The number of aliphatic hydroxyl groups is 2. The second kappa shape index (κ2) is 5.90. The van der Waals surface area contributed by atoms with Gasteiger partial charge < -0.3 is 10.2 Å². The second-order valence-corrected chi connectivity index (χ2v) is 4.24. The van der Waals surface area contributed by atoms with Gasteiger partial charge in [0.15, 0.2) is 0 Å². The minimum atomic E-state index is 0.0611. The van der Waals surface area contributed by atoms with E-state index in [9.17, 15) is 0 Å². The molecular weight excluding hydrogens is 232 g/mol. The first kappa shape index (κ1) is 12.9. The molecule has 0 saturated carbocycles. The summed E-state index contributed by atoms with van der Waals surface area (Å²) in [6.07, 6.45) is 0. The molecule has 0 amide bonds. The monoisotopic (exact) mass is 250 g/mol. The van der Waals surface area contributed by atoms with Crippen LogP contribution in [0.3, 0.4) is 0 Å². The lowest BCUT2D eigenvalue weighted by Crippen LogP contribution is -2.32. The van der Waals surface area contributed by atoms with Crippen LogP contribution in [0.15, 0.2) is 18.2 Å². The fraction of sp³-hybridized carbons (Fsp3) is 0.500. The molecule has 6 heteroatoms. The Morgan fingerprint density at radius 1 is 1.22 bits per heavy atom. The minimum Gasteiger partial charge on any atom is -0.395 e. The molecule has 2 aromatic rings. The van der Waals surface area contributed by atoms with Crippen molar-refractivity contribution in [2.45, 2.75) is 13.6 Å². The van der Waals surface area contributed by atoms with Gasteiger partial charge in [0.2, 0.25) is 0 Å². The summed E-state index contributed by atoms with van der Waals surface area (Å²) < 4.78 is 1.80. The molecule has 0 unspecified atom stereocenters. The Morgan fingerprint density at radius 2 is 1.94 bits per heavy atom. The molecule has 2 N–H and O–H groups in total. The van der Waals surface area contributed by atoms with Crippen LogP contribution in [0.25, 0.3) is 11.0 Å². The summed E-state index contributed by atoms with van der Waals surface area (Å²) >= 11 is 0. The van der Waals surface area contributed by atoms with Crippen LogP contribution >= 0.6 is 0 Å². The zero-order valence-corrected chi connectivity index (χ0v) is 10.5. The van der Waals surface area contributed by atoms with Crippen molar-refractivity contribution in [3.05, 3.63) is 23.8 Å². The number of nitrogens with zero attached hydrogens (tertiary/aromatic N) is 4. The van der Waals surface area contributed by atoms with Gasteiger partial charge in [0, 0.05) is 13.1 Å². The van der Waals surface area contributed by atoms with Gasteiger partial charge in [-0.25, -0.2) is 4.68 Å². The number of hydrogen-bond donors (Lipinski definition) is 2. The summed E-state index contributed by atoms with van der Waals surface area (Å²) in [6, 6.07) is 5.90. The standard InChI is InChI=1S/C12H18N4O2/c1-10-3-2-4-11-12(10)16(14-13-11)9-15(5-7-17)6-8-18/h2-4,17-18H,5-9H2,1H3. The lowest BCUT2D eigenvalue weighted by Gasteiger charge is -2.20. The average molecular weight is 250 g/mol. The maximum Gasteiger partial charge on any atom is 0.113 e. The summed E-state index contributed by atoms with van der Waals surface area (Å²) in [5, 5.41) is 26.2. The van der Waals surface area contributed by atoms with E-state index in [0.717, 1.165) is 16.6 Å². The van der Waals surface area contributed by atoms with Gasteiger partial charge in [0.25, 0.3) is 0 Å².